The number of hydrogen-bond donors (Lipinski definition) is 2. The predicted octanol–water partition coefficient (Wildman–Crippen LogP) is 4.78. The van der Waals surface area contributed by atoms with E-state index in [4.69, 9.17) is 16.6 Å². The molecule has 40 heavy (non-hydrogen) atoms. The summed E-state index contributed by atoms with van der Waals surface area (Å²) in [5, 5.41) is 0. The van der Waals surface area contributed by atoms with Gasteiger partial charge < -0.3 is 19.8 Å². The lowest BCUT2D eigenvalue weighted by molar-refractivity contribution is 0.0648. The van der Waals surface area contributed by atoms with Gasteiger partial charge in [-0.1, -0.05) is 11.6 Å². The maximum Gasteiger partial charge on any atom is 0.261 e. The van der Waals surface area contributed by atoms with Gasteiger partial charge in [0.05, 0.1) is 32.2 Å². The average molecular weight is 579 g/mol. The molecule has 1 fully saturated rings. The van der Waals surface area contributed by atoms with E-state index in [1.165, 1.54) is 17.7 Å². The standard InChI is InChI=1S/C29H31ClN6O3S/c1-17(14-18-6-7-24(30)40-18)34(2)23-8-9-31-27(37)25(23)26-32-21-15-19-20(16-22(21)33-26)29(39)36(28(19)38)13-5-12-35-10-3-4-11-35/h6-9,15-17H,3-5,10-14H2,1-2H3,(H,31,37)(H,32,33). The molecule has 3 aromatic heterocycles. The van der Waals surface area contributed by atoms with Crippen LogP contribution in [-0.2, 0) is 6.42 Å². The normalized spacial score (nSPS) is 16.3. The fraction of sp³-hybridized carbons (Fsp3) is 0.379. The Morgan fingerprint density at radius 1 is 1.07 bits per heavy atom. The number of fused-ring (bicyclic) bond motifs is 2. The predicted molar refractivity (Wildman–Crippen MR) is 159 cm³/mol. The number of thiophene rings is 1. The van der Waals surface area contributed by atoms with Crippen molar-refractivity contribution in [3.8, 4) is 11.4 Å². The number of H-pyrrole nitrogens is 2. The largest absolute Gasteiger partial charge is 0.371 e. The first-order valence-corrected chi connectivity index (χ1v) is 14.8. The van der Waals surface area contributed by atoms with Crippen molar-refractivity contribution in [1.29, 1.82) is 0 Å². The summed E-state index contributed by atoms with van der Waals surface area (Å²) in [5.41, 5.74) is 2.72. The van der Waals surface area contributed by atoms with E-state index in [1.54, 1.807) is 29.7 Å². The van der Waals surface area contributed by atoms with Gasteiger partial charge in [0.15, 0.2) is 0 Å². The Balaban J connectivity index is 1.26. The molecular weight excluding hydrogens is 548 g/mol. The van der Waals surface area contributed by atoms with E-state index >= 15 is 0 Å². The van der Waals surface area contributed by atoms with Gasteiger partial charge in [-0.25, -0.2) is 4.98 Å². The summed E-state index contributed by atoms with van der Waals surface area (Å²) in [6, 6.07) is 9.19. The highest BCUT2D eigenvalue weighted by molar-refractivity contribution is 7.16. The van der Waals surface area contributed by atoms with Gasteiger partial charge >= 0.3 is 0 Å². The molecule has 208 valence electrons. The number of anilines is 1. The van der Waals surface area contributed by atoms with Crippen molar-refractivity contribution in [3.63, 3.8) is 0 Å². The molecule has 0 radical (unpaired) electrons. The van der Waals surface area contributed by atoms with Gasteiger partial charge in [0, 0.05) is 37.1 Å². The highest BCUT2D eigenvalue weighted by Crippen LogP contribution is 2.32. The molecule has 4 aromatic rings. The van der Waals surface area contributed by atoms with Crippen LogP contribution >= 0.6 is 22.9 Å². The number of aromatic amines is 2. The number of carbonyl (C=O) groups is 2. The SMILES string of the molecule is CC(Cc1ccc(Cl)s1)N(C)c1cc[nH]c(=O)c1-c1nc2cc3c(cc2[nH]1)C(=O)N(CCCN1CCCC1)C3=O. The van der Waals surface area contributed by atoms with Crippen LogP contribution in [0.5, 0.6) is 0 Å². The third-order valence-electron chi connectivity index (χ3n) is 7.97. The van der Waals surface area contributed by atoms with Crippen LogP contribution < -0.4 is 10.5 Å². The summed E-state index contributed by atoms with van der Waals surface area (Å²) in [7, 11) is 1.95. The van der Waals surface area contributed by atoms with E-state index in [0.717, 1.165) is 47.4 Å². The van der Waals surface area contributed by atoms with E-state index in [-0.39, 0.29) is 23.4 Å². The zero-order valence-corrected chi connectivity index (χ0v) is 24.1. The van der Waals surface area contributed by atoms with Crippen molar-refractivity contribution in [2.24, 2.45) is 0 Å². The molecule has 0 aliphatic carbocycles. The molecule has 1 saturated heterocycles. The minimum Gasteiger partial charge on any atom is -0.371 e. The Kier molecular flexibility index (Phi) is 7.24. The molecule has 0 saturated carbocycles. The summed E-state index contributed by atoms with van der Waals surface area (Å²) in [6.07, 6.45) is 5.58. The van der Waals surface area contributed by atoms with Crippen LogP contribution in [0.1, 0.15) is 51.8 Å². The lowest BCUT2D eigenvalue weighted by Gasteiger charge is -2.28. The number of nitrogens with one attached hydrogen (secondary N) is 2. The van der Waals surface area contributed by atoms with E-state index in [2.05, 4.69) is 26.7 Å². The Morgan fingerprint density at radius 2 is 1.82 bits per heavy atom. The quantitative estimate of drug-likeness (QED) is 0.277. The zero-order valence-electron chi connectivity index (χ0n) is 22.5. The van der Waals surface area contributed by atoms with Crippen molar-refractivity contribution in [2.45, 2.75) is 38.6 Å². The van der Waals surface area contributed by atoms with Crippen LogP contribution in [-0.4, -0.2) is 75.8 Å². The monoisotopic (exact) mass is 578 g/mol. The first-order valence-electron chi connectivity index (χ1n) is 13.6. The molecule has 2 aliphatic rings. The number of amides is 2. The van der Waals surface area contributed by atoms with Gasteiger partial charge in [-0.2, -0.15) is 0 Å². The van der Waals surface area contributed by atoms with Crippen LogP contribution in [0.3, 0.4) is 0 Å². The number of halogens is 1. The fourth-order valence-electron chi connectivity index (χ4n) is 5.69. The maximum absolute atomic E-state index is 13.2. The Bertz CT molecular complexity index is 1600. The van der Waals surface area contributed by atoms with Crippen molar-refractivity contribution in [3.05, 3.63) is 67.2 Å². The third kappa shape index (κ3) is 4.95. The van der Waals surface area contributed by atoms with Gasteiger partial charge in [-0.05, 0) is 76.2 Å². The molecule has 2 N–H and O–H groups in total. The zero-order chi connectivity index (χ0) is 28.0. The first-order chi connectivity index (χ1) is 19.3. The first kappa shape index (κ1) is 26.7. The molecule has 1 unspecified atom stereocenters. The smallest absolute Gasteiger partial charge is 0.261 e. The number of pyridine rings is 1. The minimum atomic E-state index is -0.284. The Morgan fingerprint density at radius 3 is 2.55 bits per heavy atom. The van der Waals surface area contributed by atoms with Crippen molar-refractivity contribution in [1.82, 2.24) is 24.8 Å². The molecule has 11 heteroatoms. The lowest BCUT2D eigenvalue weighted by Crippen LogP contribution is -2.33. The second-order valence-corrected chi connectivity index (χ2v) is 12.4. The van der Waals surface area contributed by atoms with Crippen LogP contribution in [0, 0.1) is 0 Å². The summed E-state index contributed by atoms with van der Waals surface area (Å²) in [4.78, 5) is 57.0. The molecule has 0 spiro atoms. The molecule has 1 aromatic carbocycles. The van der Waals surface area contributed by atoms with Crippen LogP contribution in [0.15, 0.2) is 41.3 Å². The molecule has 9 nitrogen and oxygen atoms in total. The number of imide groups is 1. The van der Waals surface area contributed by atoms with Crippen LogP contribution in [0.2, 0.25) is 4.34 Å². The van der Waals surface area contributed by atoms with E-state index < -0.39 is 0 Å². The summed E-state index contributed by atoms with van der Waals surface area (Å²) in [5.74, 6) is -0.176. The maximum atomic E-state index is 13.2. The summed E-state index contributed by atoms with van der Waals surface area (Å²) < 4.78 is 0.748. The number of benzene rings is 1. The van der Waals surface area contributed by atoms with Crippen molar-refractivity contribution >= 4 is 51.5 Å². The molecule has 0 bridgehead atoms. The topological polar surface area (TPSA) is 105 Å². The molecule has 2 aliphatic heterocycles. The number of aromatic nitrogens is 3. The van der Waals surface area contributed by atoms with Gasteiger partial charge in [0.2, 0.25) is 0 Å². The Labute approximate surface area is 240 Å². The highest BCUT2D eigenvalue weighted by atomic mass is 35.5. The number of likely N-dealkylation sites (N-methyl/N-ethyl adjacent to an activating group) is 1. The summed E-state index contributed by atoms with van der Waals surface area (Å²) in [6.45, 7) is 5.56. The van der Waals surface area contributed by atoms with E-state index in [0.29, 0.717) is 40.1 Å². The third-order valence-corrected chi connectivity index (χ3v) is 9.22. The molecule has 1 atom stereocenters. The van der Waals surface area contributed by atoms with Gasteiger partial charge in [0.1, 0.15) is 11.4 Å². The number of imidazole rings is 1. The fourth-order valence-corrected chi connectivity index (χ4v) is 6.90. The molecular formula is C29H31ClN6O3S. The van der Waals surface area contributed by atoms with Crippen molar-refractivity contribution < 1.29 is 9.59 Å². The second kappa shape index (κ2) is 10.8. The lowest BCUT2D eigenvalue weighted by atomic mass is 10.1. The van der Waals surface area contributed by atoms with Crippen LogP contribution in [0.25, 0.3) is 22.4 Å². The van der Waals surface area contributed by atoms with E-state index in [1.807, 2.05) is 25.2 Å². The van der Waals surface area contributed by atoms with Crippen LogP contribution in [0.4, 0.5) is 5.69 Å². The molecule has 5 heterocycles. The number of likely N-dealkylation sites (tertiary alicyclic amines) is 1. The average Bonchev–Trinajstić information content (AvgIpc) is 3.73. The van der Waals surface area contributed by atoms with E-state index in [9.17, 15) is 14.4 Å². The van der Waals surface area contributed by atoms with Gasteiger partial charge in [-0.15, -0.1) is 11.3 Å². The van der Waals surface area contributed by atoms with Crippen molar-refractivity contribution in [2.75, 3.05) is 38.1 Å². The molecule has 2 amide bonds. The van der Waals surface area contributed by atoms with Gasteiger partial charge in [-0.3, -0.25) is 19.3 Å². The summed E-state index contributed by atoms with van der Waals surface area (Å²) >= 11 is 7.66. The molecule has 6 rings (SSSR count). The number of nitrogens with zero attached hydrogens (tertiary/aromatic N) is 4. The Hall–Kier alpha value is -3.47. The second-order valence-electron chi connectivity index (χ2n) is 10.6. The highest BCUT2D eigenvalue weighted by Gasteiger charge is 2.36. The number of hydrogen-bond acceptors (Lipinski definition) is 7. The number of rotatable bonds is 9. The van der Waals surface area contributed by atoms with Gasteiger partial charge in [0.25, 0.3) is 17.4 Å². The number of carbonyl (C=O) groups excluding carboxylic acids is 2. The minimum absolute atomic E-state index is 0.0788.